The zero-order valence-electron chi connectivity index (χ0n) is 11.0. The lowest BCUT2D eigenvalue weighted by Gasteiger charge is -2.02. The SMILES string of the molecule is COc1ccc2nc(NC(=O)c3ccncc3Cl)sc2c1. The second-order valence-corrected chi connectivity index (χ2v) is 5.60. The predicted octanol–water partition coefficient (Wildman–Crippen LogP) is 3.61. The molecule has 0 saturated carbocycles. The average molecular weight is 320 g/mol. The molecule has 0 unspecified atom stereocenters. The Morgan fingerprint density at radius 2 is 2.24 bits per heavy atom. The number of hydrogen-bond acceptors (Lipinski definition) is 5. The highest BCUT2D eigenvalue weighted by Crippen LogP contribution is 2.29. The molecule has 1 amide bonds. The predicted molar refractivity (Wildman–Crippen MR) is 83.4 cm³/mol. The number of halogens is 1. The Morgan fingerprint density at radius 1 is 1.38 bits per heavy atom. The Kier molecular flexibility index (Phi) is 3.72. The summed E-state index contributed by atoms with van der Waals surface area (Å²) in [6, 6.07) is 7.11. The molecule has 7 heteroatoms. The first kappa shape index (κ1) is 13.8. The summed E-state index contributed by atoms with van der Waals surface area (Å²) < 4.78 is 6.10. The summed E-state index contributed by atoms with van der Waals surface area (Å²) in [5, 5.41) is 3.56. The first-order valence-corrected chi connectivity index (χ1v) is 7.22. The van der Waals surface area contributed by atoms with Gasteiger partial charge in [0.1, 0.15) is 5.75 Å². The van der Waals surface area contributed by atoms with Crippen molar-refractivity contribution in [3.8, 4) is 5.75 Å². The highest BCUT2D eigenvalue weighted by atomic mass is 35.5. The number of nitrogens with one attached hydrogen (secondary N) is 1. The molecule has 106 valence electrons. The maximum Gasteiger partial charge on any atom is 0.259 e. The van der Waals surface area contributed by atoms with Crippen LogP contribution < -0.4 is 10.1 Å². The fraction of sp³-hybridized carbons (Fsp3) is 0.0714. The van der Waals surface area contributed by atoms with Crippen LogP contribution >= 0.6 is 22.9 Å². The number of pyridine rings is 1. The normalized spacial score (nSPS) is 10.6. The lowest BCUT2D eigenvalue weighted by molar-refractivity contribution is 0.102. The van der Waals surface area contributed by atoms with Crippen molar-refractivity contribution in [2.75, 3.05) is 12.4 Å². The van der Waals surface area contributed by atoms with E-state index in [0.717, 1.165) is 16.0 Å². The Balaban J connectivity index is 1.88. The standard InChI is InChI=1S/C14H10ClN3O2S/c1-20-8-2-3-11-12(6-8)21-14(17-11)18-13(19)9-4-5-16-7-10(9)15/h2-7H,1H3,(H,17,18,19). The summed E-state index contributed by atoms with van der Waals surface area (Å²) in [6.07, 6.45) is 2.95. The Bertz CT molecular complexity index is 819. The van der Waals surface area contributed by atoms with E-state index < -0.39 is 0 Å². The number of nitrogens with zero attached hydrogens (tertiary/aromatic N) is 2. The smallest absolute Gasteiger partial charge is 0.259 e. The Morgan fingerprint density at radius 3 is 3.00 bits per heavy atom. The summed E-state index contributed by atoms with van der Waals surface area (Å²) in [4.78, 5) is 20.4. The number of carbonyl (C=O) groups excluding carboxylic acids is 1. The number of fused-ring (bicyclic) bond motifs is 1. The van der Waals surface area contributed by atoms with Gasteiger partial charge in [0.15, 0.2) is 5.13 Å². The third-order valence-corrected chi connectivity index (χ3v) is 4.07. The van der Waals surface area contributed by atoms with Gasteiger partial charge in [-0.2, -0.15) is 0 Å². The third kappa shape index (κ3) is 2.81. The van der Waals surface area contributed by atoms with Gasteiger partial charge in [-0.3, -0.25) is 15.1 Å². The van der Waals surface area contributed by atoms with E-state index in [9.17, 15) is 4.79 Å². The molecular formula is C14H10ClN3O2S. The molecule has 3 aromatic rings. The quantitative estimate of drug-likeness (QED) is 0.801. The Labute approximate surface area is 129 Å². The average Bonchev–Trinajstić information content (AvgIpc) is 2.88. The molecule has 21 heavy (non-hydrogen) atoms. The van der Waals surface area contributed by atoms with E-state index in [1.807, 2.05) is 18.2 Å². The number of carbonyl (C=O) groups is 1. The highest BCUT2D eigenvalue weighted by molar-refractivity contribution is 7.22. The molecule has 2 aromatic heterocycles. The number of amides is 1. The van der Waals surface area contributed by atoms with E-state index >= 15 is 0 Å². The first-order valence-electron chi connectivity index (χ1n) is 6.03. The maximum atomic E-state index is 12.2. The van der Waals surface area contributed by atoms with E-state index in [4.69, 9.17) is 16.3 Å². The number of thiazole rings is 1. The van der Waals surface area contributed by atoms with E-state index in [1.54, 1.807) is 13.2 Å². The van der Waals surface area contributed by atoms with Crippen LogP contribution in [-0.2, 0) is 0 Å². The Hall–Kier alpha value is -2.18. The number of hydrogen-bond donors (Lipinski definition) is 1. The van der Waals surface area contributed by atoms with Gasteiger partial charge in [0.05, 0.1) is 27.9 Å². The van der Waals surface area contributed by atoms with Crippen LogP contribution in [0, 0.1) is 0 Å². The van der Waals surface area contributed by atoms with Crippen LogP contribution in [0.1, 0.15) is 10.4 Å². The van der Waals surface area contributed by atoms with Crippen molar-refractivity contribution >= 4 is 44.2 Å². The maximum absolute atomic E-state index is 12.2. The summed E-state index contributed by atoms with van der Waals surface area (Å²) >= 11 is 7.32. The monoisotopic (exact) mass is 319 g/mol. The zero-order chi connectivity index (χ0) is 14.8. The number of ether oxygens (including phenoxy) is 1. The number of methoxy groups -OCH3 is 1. The minimum Gasteiger partial charge on any atom is -0.497 e. The molecule has 0 aliphatic heterocycles. The molecule has 0 aliphatic carbocycles. The zero-order valence-corrected chi connectivity index (χ0v) is 12.5. The van der Waals surface area contributed by atoms with Crippen molar-refractivity contribution in [1.29, 1.82) is 0 Å². The topological polar surface area (TPSA) is 64.1 Å². The van der Waals surface area contributed by atoms with Crippen LogP contribution in [0.25, 0.3) is 10.2 Å². The van der Waals surface area contributed by atoms with Crippen LogP contribution in [0.3, 0.4) is 0 Å². The molecule has 5 nitrogen and oxygen atoms in total. The van der Waals surface area contributed by atoms with E-state index in [-0.39, 0.29) is 5.91 Å². The van der Waals surface area contributed by atoms with Gasteiger partial charge in [-0.05, 0) is 24.3 Å². The molecule has 0 fully saturated rings. The number of anilines is 1. The molecule has 0 spiro atoms. The first-order chi connectivity index (χ1) is 10.2. The van der Waals surface area contributed by atoms with Gasteiger partial charge in [-0.1, -0.05) is 22.9 Å². The van der Waals surface area contributed by atoms with Crippen molar-refractivity contribution in [3.63, 3.8) is 0 Å². The van der Waals surface area contributed by atoms with Gasteiger partial charge in [-0.25, -0.2) is 4.98 Å². The summed E-state index contributed by atoms with van der Waals surface area (Å²) in [6.45, 7) is 0. The number of rotatable bonds is 3. The van der Waals surface area contributed by atoms with Crippen LogP contribution in [0.2, 0.25) is 5.02 Å². The molecule has 0 bridgehead atoms. The molecule has 1 N–H and O–H groups in total. The fourth-order valence-electron chi connectivity index (χ4n) is 1.81. The van der Waals surface area contributed by atoms with E-state index in [0.29, 0.717) is 15.7 Å². The van der Waals surface area contributed by atoms with Gasteiger partial charge in [0.25, 0.3) is 5.91 Å². The largest absolute Gasteiger partial charge is 0.497 e. The third-order valence-electron chi connectivity index (χ3n) is 2.83. The van der Waals surface area contributed by atoms with Crippen molar-refractivity contribution in [1.82, 2.24) is 9.97 Å². The van der Waals surface area contributed by atoms with Crippen molar-refractivity contribution in [2.45, 2.75) is 0 Å². The van der Waals surface area contributed by atoms with E-state index in [1.165, 1.54) is 23.7 Å². The molecule has 1 aromatic carbocycles. The molecular weight excluding hydrogens is 310 g/mol. The van der Waals surface area contributed by atoms with Crippen molar-refractivity contribution < 1.29 is 9.53 Å². The van der Waals surface area contributed by atoms with Crippen LogP contribution in [0.4, 0.5) is 5.13 Å². The lowest BCUT2D eigenvalue weighted by Crippen LogP contribution is -2.12. The van der Waals surface area contributed by atoms with Gasteiger partial charge in [-0.15, -0.1) is 0 Å². The van der Waals surface area contributed by atoms with Crippen molar-refractivity contribution in [3.05, 3.63) is 47.2 Å². The fourth-order valence-corrected chi connectivity index (χ4v) is 2.90. The van der Waals surface area contributed by atoms with E-state index in [2.05, 4.69) is 15.3 Å². The summed E-state index contributed by atoms with van der Waals surface area (Å²) in [7, 11) is 1.61. The minimum absolute atomic E-state index is 0.304. The number of aromatic nitrogens is 2. The number of benzene rings is 1. The van der Waals surface area contributed by atoms with Gasteiger partial charge in [0.2, 0.25) is 0 Å². The second-order valence-electron chi connectivity index (χ2n) is 4.16. The lowest BCUT2D eigenvalue weighted by atomic mass is 10.2. The summed E-state index contributed by atoms with van der Waals surface area (Å²) in [5.74, 6) is 0.439. The molecule has 0 radical (unpaired) electrons. The molecule has 0 saturated heterocycles. The van der Waals surface area contributed by atoms with Gasteiger partial charge >= 0.3 is 0 Å². The van der Waals surface area contributed by atoms with Crippen LogP contribution in [0.5, 0.6) is 5.75 Å². The van der Waals surface area contributed by atoms with Gasteiger partial charge in [0, 0.05) is 12.4 Å². The summed E-state index contributed by atoms with van der Waals surface area (Å²) in [5.41, 5.74) is 1.17. The molecule has 2 heterocycles. The molecule has 0 aliphatic rings. The van der Waals surface area contributed by atoms with Crippen LogP contribution in [-0.4, -0.2) is 23.0 Å². The highest BCUT2D eigenvalue weighted by Gasteiger charge is 2.13. The molecule has 0 atom stereocenters. The van der Waals surface area contributed by atoms with Crippen LogP contribution in [0.15, 0.2) is 36.7 Å². The molecule has 3 rings (SSSR count). The minimum atomic E-state index is -0.312. The second kappa shape index (κ2) is 5.67. The van der Waals surface area contributed by atoms with Crippen molar-refractivity contribution in [2.24, 2.45) is 0 Å². The van der Waals surface area contributed by atoms with Gasteiger partial charge < -0.3 is 4.74 Å².